The van der Waals surface area contributed by atoms with Crippen molar-refractivity contribution in [3.05, 3.63) is 35.8 Å². The lowest BCUT2D eigenvalue weighted by Crippen LogP contribution is -2.19. The molecule has 4 heteroatoms. The van der Waals surface area contributed by atoms with Gasteiger partial charge in [0.15, 0.2) is 0 Å². The second kappa shape index (κ2) is 3.96. The lowest BCUT2D eigenvalue weighted by Gasteiger charge is -2.21. The lowest BCUT2D eigenvalue weighted by atomic mass is 9.90. The fraction of sp³-hybridized carbons (Fsp3) is 0.308. The van der Waals surface area contributed by atoms with Crippen LogP contribution in [0.15, 0.2) is 24.3 Å². The smallest absolute Gasteiger partial charge is 0.123 e. The molecule has 0 aliphatic heterocycles. The Kier molecular flexibility index (Phi) is 2.75. The molecule has 1 aromatic heterocycles. The molecule has 0 unspecified atom stereocenters. The van der Waals surface area contributed by atoms with Crippen LogP contribution in [0.25, 0.3) is 10.9 Å². The van der Waals surface area contributed by atoms with E-state index in [1.54, 1.807) is 6.07 Å². The molecule has 1 aromatic carbocycles. The maximum absolute atomic E-state index is 13.1. The van der Waals surface area contributed by atoms with Crippen LogP contribution in [0.2, 0.25) is 0 Å². The number of nitrogen functional groups attached to an aromatic ring is 1. The van der Waals surface area contributed by atoms with E-state index in [1.165, 1.54) is 12.1 Å². The number of benzene rings is 1. The van der Waals surface area contributed by atoms with Gasteiger partial charge in [-0.3, -0.25) is 10.8 Å². The predicted molar refractivity (Wildman–Crippen MR) is 68.2 cm³/mol. The van der Waals surface area contributed by atoms with E-state index in [1.807, 2.05) is 6.07 Å². The molecule has 0 bridgehead atoms. The van der Waals surface area contributed by atoms with E-state index in [2.05, 4.69) is 31.2 Å². The third-order valence-corrected chi connectivity index (χ3v) is 2.64. The zero-order valence-corrected chi connectivity index (χ0v) is 10.2. The van der Waals surface area contributed by atoms with Crippen molar-refractivity contribution < 1.29 is 4.39 Å². The summed E-state index contributed by atoms with van der Waals surface area (Å²) in [6.07, 6.45) is 0. The fourth-order valence-corrected chi connectivity index (χ4v) is 1.83. The summed E-state index contributed by atoms with van der Waals surface area (Å²) in [6, 6.07) is 6.37. The summed E-state index contributed by atoms with van der Waals surface area (Å²) in [5.41, 5.74) is 4.89. The highest BCUT2D eigenvalue weighted by Gasteiger charge is 2.20. The van der Waals surface area contributed by atoms with E-state index >= 15 is 0 Å². The molecule has 0 radical (unpaired) electrons. The van der Waals surface area contributed by atoms with E-state index in [4.69, 9.17) is 5.84 Å². The van der Waals surface area contributed by atoms with Gasteiger partial charge in [0.05, 0.1) is 16.9 Å². The van der Waals surface area contributed by atoms with Crippen molar-refractivity contribution in [2.24, 2.45) is 5.84 Å². The minimum Gasteiger partial charge on any atom is -0.322 e. The van der Waals surface area contributed by atoms with Crippen molar-refractivity contribution in [3.8, 4) is 0 Å². The van der Waals surface area contributed by atoms with Crippen molar-refractivity contribution >= 4 is 16.6 Å². The molecule has 3 nitrogen and oxygen atoms in total. The van der Waals surface area contributed by atoms with E-state index in [0.717, 1.165) is 22.3 Å². The third kappa shape index (κ3) is 2.22. The first-order valence-electron chi connectivity index (χ1n) is 5.49. The van der Waals surface area contributed by atoms with E-state index in [9.17, 15) is 4.39 Å². The monoisotopic (exact) mass is 233 g/mol. The number of anilines is 1. The van der Waals surface area contributed by atoms with Crippen LogP contribution in [0, 0.1) is 5.82 Å². The molecule has 90 valence electrons. The zero-order chi connectivity index (χ0) is 12.6. The van der Waals surface area contributed by atoms with Crippen LogP contribution in [0.1, 0.15) is 26.5 Å². The Balaban J connectivity index is 2.73. The molecular weight excluding hydrogens is 217 g/mol. The first-order chi connectivity index (χ1) is 7.91. The average molecular weight is 233 g/mol. The third-order valence-electron chi connectivity index (χ3n) is 2.64. The highest BCUT2D eigenvalue weighted by atomic mass is 19.1. The van der Waals surface area contributed by atoms with Crippen LogP contribution in [0.4, 0.5) is 10.1 Å². The van der Waals surface area contributed by atoms with Gasteiger partial charge in [0.2, 0.25) is 0 Å². The van der Waals surface area contributed by atoms with Crippen LogP contribution < -0.4 is 11.3 Å². The van der Waals surface area contributed by atoms with E-state index in [0.29, 0.717) is 0 Å². The zero-order valence-electron chi connectivity index (χ0n) is 10.2. The number of hydrogen-bond acceptors (Lipinski definition) is 3. The topological polar surface area (TPSA) is 50.9 Å². The molecule has 0 aliphatic carbocycles. The van der Waals surface area contributed by atoms with Crippen molar-refractivity contribution in [1.82, 2.24) is 4.98 Å². The predicted octanol–water partition coefficient (Wildman–Crippen LogP) is 2.96. The van der Waals surface area contributed by atoms with Crippen molar-refractivity contribution in [2.75, 3.05) is 5.43 Å². The molecular formula is C13H16FN3. The summed E-state index contributed by atoms with van der Waals surface area (Å²) < 4.78 is 13.1. The van der Waals surface area contributed by atoms with Gasteiger partial charge in [-0.2, -0.15) is 0 Å². The Morgan fingerprint density at radius 1 is 1.24 bits per heavy atom. The number of halogens is 1. The quantitative estimate of drug-likeness (QED) is 0.588. The number of hydrazine groups is 1. The largest absolute Gasteiger partial charge is 0.322 e. The second-order valence-corrected chi connectivity index (χ2v) is 5.12. The molecule has 2 aromatic rings. The molecule has 2 rings (SSSR count). The lowest BCUT2D eigenvalue weighted by molar-refractivity contribution is 0.573. The summed E-state index contributed by atoms with van der Waals surface area (Å²) in [5.74, 6) is 5.22. The molecule has 0 atom stereocenters. The number of nitrogens with zero attached hydrogens (tertiary/aromatic N) is 1. The second-order valence-electron chi connectivity index (χ2n) is 5.12. The van der Waals surface area contributed by atoms with Crippen molar-refractivity contribution in [2.45, 2.75) is 26.2 Å². The van der Waals surface area contributed by atoms with E-state index < -0.39 is 0 Å². The standard InChI is InChI=1S/C13H16FN3/c1-13(2,3)12-11(17-15)7-8-6-9(14)4-5-10(8)16-12/h4-7,17H,15H2,1-3H3. The van der Waals surface area contributed by atoms with Crippen LogP contribution in [0.5, 0.6) is 0 Å². The first-order valence-corrected chi connectivity index (χ1v) is 5.49. The minimum atomic E-state index is -0.272. The van der Waals surface area contributed by atoms with Gasteiger partial charge in [-0.1, -0.05) is 20.8 Å². The number of nitrogens with two attached hydrogens (primary N) is 1. The van der Waals surface area contributed by atoms with Crippen LogP contribution in [-0.4, -0.2) is 4.98 Å². The van der Waals surface area contributed by atoms with Crippen LogP contribution in [0.3, 0.4) is 0 Å². The Bertz CT molecular complexity index is 558. The normalized spacial score (nSPS) is 11.8. The SMILES string of the molecule is CC(C)(C)c1nc2ccc(F)cc2cc1NN. The summed E-state index contributed by atoms with van der Waals surface area (Å²) in [5, 5.41) is 0.742. The van der Waals surface area contributed by atoms with Gasteiger partial charge in [-0.05, 0) is 24.3 Å². The first kappa shape index (κ1) is 11.8. The van der Waals surface area contributed by atoms with Crippen LogP contribution in [-0.2, 0) is 5.41 Å². The Morgan fingerprint density at radius 3 is 2.53 bits per heavy atom. The highest BCUT2D eigenvalue weighted by Crippen LogP contribution is 2.30. The average Bonchev–Trinajstić information content (AvgIpc) is 2.25. The summed E-state index contributed by atoms with van der Waals surface area (Å²) in [4.78, 5) is 4.55. The molecule has 0 aliphatic rings. The Hall–Kier alpha value is -1.68. The number of nitrogens with one attached hydrogen (secondary N) is 1. The van der Waals surface area contributed by atoms with Gasteiger partial charge < -0.3 is 5.43 Å². The molecule has 0 spiro atoms. The van der Waals surface area contributed by atoms with Crippen molar-refractivity contribution in [1.29, 1.82) is 0 Å². The molecule has 0 saturated heterocycles. The molecule has 0 saturated carbocycles. The molecule has 1 heterocycles. The van der Waals surface area contributed by atoms with Gasteiger partial charge in [-0.25, -0.2) is 4.39 Å². The van der Waals surface area contributed by atoms with Crippen molar-refractivity contribution in [3.63, 3.8) is 0 Å². The fourth-order valence-electron chi connectivity index (χ4n) is 1.83. The van der Waals surface area contributed by atoms with Gasteiger partial charge in [0.25, 0.3) is 0 Å². The Morgan fingerprint density at radius 2 is 1.94 bits per heavy atom. The number of pyridine rings is 1. The van der Waals surface area contributed by atoms with E-state index in [-0.39, 0.29) is 11.2 Å². The van der Waals surface area contributed by atoms with Gasteiger partial charge >= 0.3 is 0 Å². The van der Waals surface area contributed by atoms with Crippen LogP contribution >= 0.6 is 0 Å². The summed E-state index contributed by atoms with van der Waals surface area (Å²) in [7, 11) is 0. The summed E-state index contributed by atoms with van der Waals surface area (Å²) >= 11 is 0. The Labute approximate surface area is 99.8 Å². The maximum Gasteiger partial charge on any atom is 0.123 e. The molecule has 17 heavy (non-hydrogen) atoms. The molecule has 0 amide bonds. The number of aromatic nitrogens is 1. The number of hydrogen-bond donors (Lipinski definition) is 2. The highest BCUT2D eigenvalue weighted by molar-refractivity contribution is 5.83. The number of fused-ring (bicyclic) bond motifs is 1. The molecule has 3 N–H and O–H groups in total. The summed E-state index contributed by atoms with van der Waals surface area (Å²) in [6.45, 7) is 6.18. The maximum atomic E-state index is 13.1. The van der Waals surface area contributed by atoms with Gasteiger partial charge in [0, 0.05) is 10.8 Å². The van der Waals surface area contributed by atoms with Gasteiger partial charge in [0.1, 0.15) is 5.82 Å². The minimum absolute atomic E-state index is 0.121. The number of rotatable bonds is 1. The van der Waals surface area contributed by atoms with Gasteiger partial charge in [-0.15, -0.1) is 0 Å². The molecule has 0 fully saturated rings.